The Hall–Kier alpha value is -2.17. The highest BCUT2D eigenvalue weighted by Gasteiger charge is 2.34. The van der Waals surface area contributed by atoms with Gasteiger partial charge in [-0.05, 0) is 30.4 Å². The summed E-state index contributed by atoms with van der Waals surface area (Å²) in [4.78, 5) is 35.0. The van der Waals surface area contributed by atoms with E-state index in [2.05, 4.69) is 19.3 Å². The molecule has 1 heterocycles. The largest absolute Gasteiger partial charge is 0.273 e. The summed E-state index contributed by atoms with van der Waals surface area (Å²) in [6.07, 6.45) is 0.731. The van der Waals surface area contributed by atoms with E-state index < -0.39 is 23.6 Å². The number of imide groups is 1. The number of rotatable bonds is 4. The summed E-state index contributed by atoms with van der Waals surface area (Å²) >= 11 is 0. The van der Waals surface area contributed by atoms with E-state index in [-0.39, 0.29) is 6.42 Å². The maximum Gasteiger partial charge on any atom is 0.257 e. The Morgan fingerprint density at radius 3 is 2.29 bits per heavy atom. The zero-order valence-electron chi connectivity index (χ0n) is 12.6. The molecule has 112 valence electrons. The van der Waals surface area contributed by atoms with Crippen molar-refractivity contribution in [3.8, 4) is 0 Å². The number of amides is 3. The molecule has 0 radical (unpaired) electrons. The van der Waals surface area contributed by atoms with Crippen molar-refractivity contribution < 1.29 is 14.4 Å². The topological polar surface area (TPSA) is 66.5 Å². The molecule has 1 aliphatic rings. The first-order valence-electron chi connectivity index (χ1n) is 7.13. The third kappa shape index (κ3) is 3.48. The van der Waals surface area contributed by atoms with Crippen molar-refractivity contribution in [1.82, 2.24) is 10.4 Å². The molecule has 1 unspecified atom stereocenters. The highest BCUT2D eigenvalue weighted by atomic mass is 16.2. The van der Waals surface area contributed by atoms with Gasteiger partial charge in [-0.1, -0.05) is 38.1 Å². The van der Waals surface area contributed by atoms with Gasteiger partial charge in [-0.2, -0.15) is 5.01 Å². The standard InChI is InChI=1S/C16H20N2O3/c1-10(2)8-12-4-6-13(7-5-12)11(3)16(21)18-15(20)9-14(19)17-18/h4-7,10-11H,8-9H2,1-3H3,(H,17,19). The van der Waals surface area contributed by atoms with Crippen molar-refractivity contribution >= 4 is 17.7 Å². The summed E-state index contributed by atoms with van der Waals surface area (Å²) in [6, 6.07) is 7.82. The molecule has 1 saturated heterocycles. The lowest BCUT2D eigenvalue weighted by Gasteiger charge is -2.18. The average molecular weight is 288 g/mol. The van der Waals surface area contributed by atoms with Crippen LogP contribution in [0.15, 0.2) is 24.3 Å². The van der Waals surface area contributed by atoms with Crippen LogP contribution in [0.3, 0.4) is 0 Å². The molecular weight excluding hydrogens is 268 g/mol. The molecule has 1 N–H and O–H groups in total. The SMILES string of the molecule is CC(C)Cc1ccc(C(C)C(=O)N2NC(=O)CC2=O)cc1. The molecule has 1 atom stereocenters. The number of hydrogen-bond donors (Lipinski definition) is 1. The molecule has 5 nitrogen and oxygen atoms in total. The number of carbonyl (C=O) groups is 3. The molecule has 5 heteroatoms. The van der Waals surface area contributed by atoms with Gasteiger partial charge in [0.2, 0.25) is 5.91 Å². The fraction of sp³-hybridized carbons (Fsp3) is 0.438. The van der Waals surface area contributed by atoms with Crippen molar-refractivity contribution in [2.24, 2.45) is 5.92 Å². The van der Waals surface area contributed by atoms with Crippen molar-refractivity contribution in [1.29, 1.82) is 0 Å². The minimum absolute atomic E-state index is 0.258. The molecule has 0 spiro atoms. The van der Waals surface area contributed by atoms with Gasteiger partial charge in [-0.15, -0.1) is 0 Å². The molecule has 1 aliphatic heterocycles. The smallest absolute Gasteiger partial charge is 0.257 e. The zero-order chi connectivity index (χ0) is 15.6. The minimum atomic E-state index is -0.492. The molecule has 1 fully saturated rings. The van der Waals surface area contributed by atoms with Gasteiger partial charge in [0.15, 0.2) is 0 Å². The molecule has 3 amide bonds. The number of carbonyl (C=O) groups excluding carboxylic acids is 3. The molecule has 21 heavy (non-hydrogen) atoms. The number of hydrazine groups is 1. The van der Waals surface area contributed by atoms with Crippen LogP contribution in [0.1, 0.15) is 44.2 Å². The normalized spacial score (nSPS) is 16.3. The molecule has 0 saturated carbocycles. The molecule has 0 aromatic heterocycles. The summed E-state index contributed by atoms with van der Waals surface area (Å²) in [5.74, 6) is -1.23. The van der Waals surface area contributed by atoms with Gasteiger partial charge in [0.05, 0.1) is 5.92 Å². The third-order valence-electron chi connectivity index (χ3n) is 3.51. The maximum absolute atomic E-state index is 12.3. The van der Waals surface area contributed by atoms with Crippen molar-refractivity contribution in [3.05, 3.63) is 35.4 Å². The fourth-order valence-electron chi connectivity index (χ4n) is 2.37. The molecule has 0 aliphatic carbocycles. The molecule has 1 aromatic rings. The Kier molecular flexibility index (Phi) is 4.40. The summed E-state index contributed by atoms with van der Waals surface area (Å²) < 4.78 is 0. The highest BCUT2D eigenvalue weighted by molar-refractivity contribution is 6.10. The number of hydrogen-bond acceptors (Lipinski definition) is 3. The lowest BCUT2D eigenvalue weighted by molar-refractivity contribution is -0.146. The Labute approximate surface area is 124 Å². The first-order valence-corrected chi connectivity index (χ1v) is 7.13. The summed E-state index contributed by atoms with van der Waals surface area (Å²) in [6.45, 7) is 6.04. The second kappa shape index (κ2) is 6.08. The van der Waals surface area contributed by atoms with Crippen molar-refractivity contribution in [2.75, 3.05) is 0 Å². The Morgan fingerprint density at radius 2 is 1.81 bits per heavy atom. The summed E-state index contributed by atoms with van der Waals surface area (Å²) in [5, 5.41) is 0.828. The van der Waals surface area contributed by atoms with Crippen LogP contribution in [-0.4, -0.2) is 22.7 Å². The fourth-order valence-corrected chi connectivity index (χ4v) is 2.37. The Morgan fingerprint density at radius 1 is 1.19 bits per heavy atom. The zero-order valence-corrected chi connectivity index (χ0v) is 12.6. The predicted molar refractivity (Wildman–Crippen MR) is 78.0 cm³/mol. The summed E-state index contributed by atoms with van der Waals surface area (Å²) in [7, 11) is 0. The van der Waals surface area contributed by atoms with E-state index in [0.717, 1.165) is 17.0 Å². The van der Waals surface area contributed by atoms with Crippen LogP contribution in [0.2, 0.25) is 0 Å². The minimum Gasteiger partial charge on any atom is -0.273 e. The van der Waals surface area contributed by atoms with E-state index in [9.17, 15) is 14.4 Å². The Balaban J connectivity index is 2.09. The molecule has 0 bridgehead atoms. The van der Waals surface area contributed by atoms with Crippen LogP contribution in [0.5, 0.6) is 0 Å². The van der Waals surface area contributed by atoms with Gasteiger partial charge >= 0.3 is 0 Å². The van der Waals surface area contributed by atoms with Crippen LogP contribution in [0.25, 0.3) is 0 Å². The molecule has 2 rings (SSSR count). The highest BCUT2D eigenvalue weighted by Crippen LogP contribution is 2.20. The van der Waals surface area contributed by atoms with Crippen LogP contribution in [0, 0.1) is 5.92 Å². The monoisotopic (exact) mass is 288 g/mol. The van der Waals surface area contributed by atoms with Crippen LogP contribution in [-0.2, 0) is 20.8 Å². The van der Waals surface area contributed by atoms with Gasteiger partial charge in [-0.3, -0.25) is 19.8 Å². The molecule has 1 aromatic carbocycles. The second-order valence-electron chi connectivity index (χ2n) is 5.84. The van der Waals surface area contributed by atoms with Gasteiger partial charge in [0, 0.05) is 0 Å². The van der Waals surface area contributed by atoms with Crippen molar-refractivity contribution in [3.63, 3.8) is 0 Å². The van der Waals surface area contributed by atoms with E-state index in [1.165, 1.54) is 5.56 Å². The lowest BCUT2D eigenvalue weighted by atomic mass is 9.96. The first kappa shape index (κ1) is 15.2. The van der Waals surface area contributed by atoms with E-state index >= 15 is 0 Å². The Bertz CT molecular complexity index is 563. The van der Waals surface area contributed by atoms with Crippen molar-refractivity contribution in [2.45, 2.75) is 39.5 Å². The lowest BCUT2D eigenvalue weighted by Crippen LogP contribution is -2.43. The summed E-state index contributed by atoms with van der Waals surface area (Å²) in [5.41, 5.74) is 4.34. The van der Waals surface area contributed by atoms with E-state index in [1.807, 2.05) is 24.3 Å². The van der Waals surface area contributed by atoms with Gasteiger partial charge in [0.1, 0.15) is 6.42 Å². The number of benzene rings is 1. The van der Waals surface area contributed by atoms with Crippen LogP contribution >= 0.6 is 0 Å². The van der Waals surface area contributed by atoms with E-state index in [0.29, 0.717) is 5.92 Å². The number of nitrogens with one attached hydrogen (secondary N) is 1. The maximum atomic E-state index is 12.3. The van der Waals surface area contributed by atoms with Crippen LogP contribution in [0.4, 0.5) is 0 Å². The molecular formula is C16H20N2O3. The third-order valence-corrected chi connectivity index (χ3v) is 3.51. The van der Waals surface area contributed by atoms with Gasteiger partial charge in [0.25, 0.3) is 11.8 Å². The second-order valence-corrected chi connectivity index (χ2v) is 5.84. The average Bonchev–Trinajstić information content (AvgIpc) is 2.76. The quantitative estimate of drug-likeness (QED) is 0.859. The predicted octanol–water partition coefficient (Wildman–Crippen LogP) is 1.78. The number of nitrogens with zero attached hydrogens (tertiary/aromatic N) is 1. The van der Waals surface area contributed by atoms with Gasteiger partial charge < -0.3 is 0 Å². The van der Waals surface area contributed by atoms with Gasteiger partial charge in [-0.25, -0.2) is 0 Å². The first-order chi connectivity index (χ1) is 9.88. The van der Waals surface area contributed by atoms with E-state index in [1.54, 1.807) is 6.92 Å². The van der Waals surface area contributed by atoms with Crippen LogP contribution < -0.4 is 5.43 Å². The van der Waals surface area contributed by atoms with E-state index in [4.69, 9.17) is 0 Å².